The van der Waals surface area contributed by atoms with Crippen molar-refractivity contribution in [2.45, 2.75) is 11.1 Å². The average Bonchev–Trinajstić information content (AvgIpc) is 2.29. The molecule has 0 unspecified atom stereocenters. The molecule has 72 valence electrons. The van der Waals surface area contributed by atoms with Crippen molar-refractivity contribution < 1.29 is 13.2 Å². The fourth-order valence-electron chi connectivity index (χ4n) is 1.14. The summed E-state index contributed by atoms with van der Waals surface area (Å²) in [4.78, 5) is 3.74. The largest absolute Gasteiger partial charge is 0.377 e. The van der Waals surface area contributed by atoms with Gasteiger partial charge in [-0.05, 0) is 0 Å². The Labute approximate surface area is 79.7 Å². The number of ether oxygens (including phenoxy) is 1. The molecule has 5 nitrogen and oxygen atoms in total. The second-order valence-electron chi connectivity index (χ2n) is 2.77. The summed E-state index contributed by atoms with van der Waals surface area (Å²) in [6, 6.07) is 0.0472. The molecule has 0 saturated carbocycles. The van der Waals surface area contributed by atoms with E-state index < -0.39 is 9.05 Å². The zero-order chi connectivity index (χ0) is 9.47. The van der Waals surface area contributed by atoms with E-state index in [0.717, 1.165) is 0 Å². The first-order valence-corrected chi connectivity index (χ1v) is 5.94. The van der Waals surface area contributed by atoms with E-state index in [4.69, 9.17) is 15.4 Å². The van der Waals surface area contributed by atoms with Crippen LogP contribution in [0.1, 0.15) is 6.04 Å². The summed E-state index contributed by atoms with van der Waals surface area (Å²) in [6.07, 6.45) is 2.68. The number of nitrogens with zero attached hydrogens (tertiary/aromatic N) is 2. The van der Waals surface area contributed by atoms with Gasteiger partial charge in [0, 0.05) is 10.7 Å². The van der Waals surface area contributed by atoms with Gasteiger partial charge in [-0.2, -0.15) is 0 Å². The number of aromatic nitrogens is 2. The zero-order valence-corrected chi connectivity index (χ0v) is 8.12. The van der Waals surface area contributed by atoms with Crippen LogP contribution in [-0.2, 0) is 13.8 Å². The molecule has 0 aromatic carbocycles. The maximum absolute atomic E-state index is 11.0. The molecular formula is C6H7ClN2O3S. The fourth-order valence-corrected chi connectivity index (χ4v) is 2.13. The van der Waals surface area contributed by atoms with E-state index in [0.29, 0.717) is 13.2 Å². The molecular weight excluding hydrogens is 216 g/mol. The van der Waals surface area contributed by atoms with Gasteiger partial charge in [0.1, 0.15) is 0 Å². The Hall–Kier alpha value is -0.590. The van der Waals surface area contributed by atoms with E-state index in [1.54, 1.807) is 0 Å². The van der Waals surface area contributed by atoms with Crippen molar-refractivity contribution in [3.63, 3.8) is 0 Å². The minimum atomic E-state index is -3.69. The standard InChI is InChI=1S/C6H7ClN2O3S/c7-13(10,11)6-1-8-4-9(6)5-2-12-3-5/h1,4-5H,2-3H2. The molecule has 0 aliphatic carbocycles. The van der Waals surface area contributed by atoms with Gasteiger partial charge in [-0.1, -0.05) is 0 Å². The van der Waals surface area contributed by atoms with E-state index in [-0.39, 0.29) is 11.1 Å². The van der Waals surface area contributed by atoms with Crippen LogP contribution in [-0.4, -0.2) is 31.2 Å². The lowest BCUT2D eigenvalue weighted by Gasteiger charge is -2.27. The number of imidazole rings is 1. The second kappa shape index (κ2) is 2.97. The number of rotatable bonds is 2. The zero-order valence-electron chi connectivity index (χ0n) is 6.55. The molecule has 0 radical (unpaired) electrons. The molecule has 1 saturated heterocycles. The van der Waals surface area contributed by atoms with Crippen LogP contribution in [0, 0.1) is 0 Å². The van der Waals surface area contributed by atoms with Crippen LogP contribution in [0.25, 0.3) is 0 Å². The highest BCUT2D eigenvalue weighted by molar-refractivity contribution is 8.13. The van der Waals surface area contributed by atoms with Crippen molar-refractivity contribution in [3.05, 3.63) is 12.5 Å². The summed E-state index contributed by atoms with van der Waals surface area (Å²) in [5.41, 5.74) is 0. The molecule has 2 heterocycles. The van der Waals surface area contributed by atoms with Crippen LogP contribution in [0.3, 0.4) is 0 Å². The number of hydrogen-bond acceptors (Lipinski definition) is 4. The Bertz CT molecular complexity index is 409. The molecule has 1 aliphatic rings. The van der Waals surface area contributed by atoms with Gasteiger partial charge in [0.05, 0.1) is 31.8 Å². The van der Waals surface area contributed by atoms with Crippen molar-refractivity contribution in [1.82, 2.24) is 9.55 Å². The second-order valence-corrected chi connectivity index (χ2v) is 5.28. The lowest BCUT2D eigenvalue weighted by Crippen LogP contribution is -2.31. The summed E-state index contributed by atoms with van der Waals surface area (Å²) in [6.45, 7) is 1.02. The average molecular weight is 223 g/mol. The Balaban J connectivity index is 2.41. The predicted molar refractivity (Wildman–Crippen MR) is 45.1 cm³/mol. The topological polar surface area (TPSA) is 61.2 Å². The van der Waals surface area contributed by atoms with E-state index in [1.807, 2.05) is 0 Å². The van der Waals surface area contributed by atoms with Gasteiger partial charge in [-0.25, -0.2) is 13.4 Å². The maximum atomic E-state index is 11.0. The van der Waals surface area contributed by atoms with Gasteiger partial charge in [0.15, 0.2) is 5.03 Å². The monoisotopic (exact) mass is 222 g/mol. The summed E-state index contributed by atoms with van der Waals surface area (Å²) in [5, 5.41) is 0.0301. The normalized spacial score (nSPS) is 18.5. The van der Waals surface area contributed by atoms with E-state index in [2.05, 4.69) is 4.98 Å². The summed E-state index contributed by atoms with van der Waals surface area (Å²) < 4.78 is 28.5. The van der Waals surface area contributed by atoms with Crippen LogP contribution >= 0.6 is 10.7 Å². The lowest BCUT2D eigenvalue weighted by atomic mass is 10.2. The molecule has 7 heteroatoms. The molecule has 0 spiro atoms. The molecule has 0 atom stereocenters. The molecule has 1 fully saturated rings. The SMILES string of the molecule is O=S(=O)(Cl)c1cncn1C1COC1. The first-order chi connectivity index (χ1) is 6.09. The Morgan fingerprint density at radius 1 is 1.62 bits per heavy atom. The molecule has 0 bridgehead atoms. The highest BCUT2D eigenvalue weighted by atomic mass is 35.7. The van der Waals surface area contributed by atoms with Gasteiger partial charge in [-0.15, -0.1) is 0 Å². The Morgan fingerprint density at radius 2 is 2.31 bits per heavy atom. The first kappa shape index (κ1) is 8.98. The van der Waals surface area contributed by atoms with Crippen LogP contribution in [0.15, 0.2) is 17.6 Å². The van der Waals surface area contributed by atoms with Gasteiger partial charge < -0.3 is 9.30 Å². The third-order valence-corrected chi connectivity index (χ3v) is 3.18. The van der Waals surface area contributed by atoms with Crippen molar-refractivity contribution in [2.24, 2.45) is 0 Å². The number of hydrogen-bond donors (Lipinski definition) is 0. The van der Waals surface area contributed by atoms with Crippen LogP contribution < -0.4 is 0 Å². The van der Waals surface area contributed by atoms with Crippen LogP contribution in [0.5, 0.6) is 0 Å². The third kappa shape index (κ3) is 1.56. The highest BCUT2D eigenvalue weighted by Crippen LogP contribution is 2.23. The van der Waals surface area contributed by atoms with Gasteiger partial charge >= 0.3 is 0 Å². The minimum absolute atomic E-state index is 0.0301. The highest BCUT2D eigenvalue weighted by Gasteiger charge is 2.26. The third-order valence-electron chi connectivity index (χ3n) is 1.89. The quantitative estimate of drug-likeness (QED) is 0.679. The maximum Gasteiger partial charge on any atom is 0.278 e. The minimum Gasteiger partial charge on any atom is -0.377 e. The van der Waals surface area contributed by atoms with Crippen molar-refractivity contribution in [1.29, 1.82) is 0 Å². The van der Waals surface area contributed by atoms with Crippen LogP contribution in [0.2, 0.25) is 0 Å². The molecule has 1 aromatic rings. The van der Waals surface area contributed by atoms with Crippen LogP contribution in [0.4, 0.5) is 0 Å². The number of halogens is 1. The molecule has 13 heavy (non-hydrogen) atoms. The lowest BCUT2D eigenvalue weighted by molar-refractivity contribution is -0.0267. The fraction of sp³-hybridized carbons (Fsp3) is 0.500. The summed E-state index contributed by atoms with van der Waals surface area (Å²) in [5.74, 6) is 0. The molecule has 1 aliphatic heterocycles. The predicted octanol–water partition coefficient (Wildman–Crippen LogP) is 0.382. The van der Waals surface area contributed by atoms with E-state index >= 15 is 0 Å². The van der Waals surface area contributed by atoms with Crippen molar-refractivity contribution >= 4 is 19.7 Å². The summed E-state index contributed by atoms with van der Waals surface area (Å²) >= 11 is 0. The molecule has 0 amide bonds. The summed E-state index contributed by atoms with van der Waals surface area (Å²) in [7, 11) is 1.51. The smallest absolute Gasteiger partial charge is 0.278 e. The Morgan fingerprint density at radius 3 is 2.77 bits per heavy atom. The van der Waals surface area contributed by atoms with E-state index in [1.165, 1.54) is 17.1 Å². The Kier molecular flexibility index (Phi) is 2.05. The van der Waals surface area contributed by atoms with Gasteiger partial charge in [0.2, 0.25) is 0 Å². The van der Waals surface area contributed by atoms with E-state index in [9.17, 15) is 8.42 Å². The molecule has 0 N–H and O–H groups in total. The van der Waals surface area contributed by atoms with Crippen molar-refractivity contribution in [3.8, 4) is 0 Å². The van der Waals surface area contributed by atoms with Gasteiger partial charge in [-0.3, -0.25) is 0 Å². The molecule has 2 rings (SSSR count). The van der Waals surface area contributed by atoms with Crippen molar-refractivity contribution in [2.75, 3.05) is 13.2 Å². The molecule has 1 aromatic heterocycles. The first-order valence-electron chi connectivity index (χ1n) is 3.63. The van der Waals surface area contributed by atoms with Gasteiger partial charge in [0.25, 0.3) is 9.05 Å².